The second-order valence-electron chi connectivity index (χ2n) is 4.47. The summed E-state index contributed by atoms with van der Waals surface area (Å²) in [4.78, 5) is 32.1. The fourth-order valence-electron chi connectivity index (χ4n) is 1.97. The molecule has 106 valence electrons. The lowest BCUT2D eigenvalue weighted by molar-refractivity contribution is -0.116. The van der Waals surface area contributed by atoms with Crippen LogP contribution in [0.3, 0.4) is 0 Å². The molecule has 8 heteroatoms. The molecular formula is C13H12N6O2. The quantitative estimate of drug-likeness (QED) is 0.739. The first-order chi connectivity index (χ1) is 10.1. The molecule has 8 nitrogen and oxygen atoms in total. The van der Waals surface area contributed by atoms with E-state index in [2.05, 4.69) is 20.4 Å². The van der Waals surface area contributed by atoms with E-state index < -0.39 is 0 Å². The molecule has 0 atom stereocenters. The van der Waals surface area contributed by atoms with Gasteiger partial charge < -0.3 is 5.32 Å². The highest BCUT2D eigenvalue weighted by Crippen LogP contribution is 2.05. The van der Waals surface area contributed by atoms with Crippen LogP contribution < -0.4 is 10.9 Å². The molecule has 0 radical (unpaired) electrons. The SMILES string of the molecule is Cn1ncc2c(=O)n(CC(=O)Nc3ccncc3)cnc21. The number of hydrogen-bond acceptors (Lipinski definition) is 5. The number of nitrogens with one attached hydrogen (secondary N) is 1. The number of nitrogens with zero attached hydrogens (tertiary/aromatic N) is 5. The summed E-state index contributed by atoms with van der Waals surface area (Å²) < 4.78 is 2.76. The highest BCUT2D eigenvalue weighted by Gasteiger charge is 2.10. The van der Waals surface area contributed by atoms with Crippen molar-refractivity contribution in [3.05, 3.63) is 47.4 Å². The molecule has 0 unspecified atom stereocenters. The Balaban J connectivity index is 1.83. The van der Waals surface area contributed by atoms with Gasteiger partial charge in [-0.2, -0.15) is 5.10 Å². The summed E-state index contributed by atoms with van der Waals surface area (Å²) in [6.45, 7) is -0.112. The first-order valence-corrected chi connectivity index (χ1v) is 6.22. The van der Waals surface area contributed by atoms with Gasteiger partial charge in [-0.3, -0.25) is 23.8 Å². The third kappa shape index (κ3) is 2.50. The van der Waals surface area contributed by atoms with Crippen LogP contribution >= 0.6 is 0 Å². The number of carbonyl (C=O) groups is 1. The number of amides is 1. The molecule has 21 heavy (non-hydrogen) atoms. The van der Waals surface area contributed by atoms with Crippen LogP contribution in [0, 0.1) is 0 Å². The predicted octanol–water partition coefficient (Wildman–Crippen LogP) is 0.164. The summed E-state index contributed by atoms with van der Waals surface area (Å²) in [5.41, 5.74) is 0.822. The van der Waals surface area contributed by atoms with Crippen LogP contribution in [0.2, 0.25) is 0 Å². The van der Waals surface area contributed by atoms with Gasteiger partial charge in [-0.05, 0) is 12.1 Å². The van der Waals surface area contributed by atoms with Gasteiger partial charge in [0, 0.05) is 25.1 Å². The lowest BCUT2D eigenvalue weighted by Crippen LogP contribution is -2.27. The topological polar surface area (TPSA) is 94.7 Å². The second-order valence-corrected chi connectivity index (χ2v) is 4.47. The van der Waals surface area contributed by atoms with E-state index in [0.29, 0.717) is 16.7 Å². The zero-order valence-electron chi connectivity index (χ0n) is 11.2. The average Bonchev–Trinajstić information content (AvgIpc) is 2.85. The minimum absolute atomic E-state index is 0.112. The maximum atomic E-state index is 12.2. The van der Waals surface area contributed by atoms with E-state index >= 15 is 0 Å². The van der Waals surface area contributed by atoms with Crippen LogP contribution in [0.5, 0.6) is 0 Å². The number of hydrogen-bond donors (Lipinski definition) is 1. The lowest BCUT2D eigenvalue weighted by atomic mass is 10.4. The number of rotatable bonds is 3. The van der Waals surface area contributed by atoms with Crippen LogP contribution in [-0.2, 0) is 18.4 Å². The monoisotopic (exact) mass is 284 g/mol. The zero-order chi connectivity index (χ0) is 14.8. The molecule has 0 saturated carbocycles. The van der Waals surface area contributed by atoms with Crippen LogP contribution in [0.1, 0.15) is 0 Å². The van der Waals surface area contributed by atoms with Crippen molar-refractivity contribution in [2.45, 2.75) is 6.54 Å². The molecule has 3 aromatic rings. The van der Waals surface area contributed by atoms with Crippen LogP contribution in [0.25, 0.3) is 11.0 Å². The van der Waals surface area contributed by atoms with Crippen molar-refractivity contribution in [2.75, 3.05) is 5.32 Å². The van der Waals surface area contributed by atoms with Gasteiger partial charge in [0.2, 0.25) is 5.91 Å². The number of pyridine rings is 1. The van der Waals surface area contributed by atoms with Crippen LogP contribution in [-0.4, -0.2) is 30.2 Å². The normalized spacial score (nSPS) is 10.7. The van der Waals surface area contributed by atoms with E-state index in [1.54, 1.807) is 31.6 Å². The Hall–Kier alpha value is -3.03. The first kappa shape index (κ1) is 13.0. The van der Waals surface area contributed by atoms with Gasteiger partial charge in [0.15, 0.2) is 5.65 Å². The zero-order valence-corrected chi connectivity index (χ0v) is 11.2. The first-order valence-electron chi connectivity index (χ1n) is 6.22. The largest absolute Gasteiger partial charge is 0.324 e. The number of aryl methyl sites for hydroxylation is 1. The molecule has 3 aromatic heterocycles. The molecule has 0 saturated heterocycles. The summed E-state index contributed by atoms with van der Waals surface area (Å²) in [6.07, 6.45) is 5.94. The molecule has 0 bridgehead atoms. The maximum absolute atomic E-state index is 12.2. The molecule has 1 amide bonds. The van der Waals surface area contributed by atoms with Gasteiger partial charge in [-0.25, -0.2) is 4.98 Å². The Morgan fingerprint density at radius 2 is 2.10 bits per heavy atom. The third-order valence-corrected chi connectivity index (χ3v) is 3.00. The number of fused-ring (bicyclic) bond motifs is 1. The molecule has 0 aliphatic carbocycles. The van der Waals surface area contributed by atoms with Crippen molar-refractivity contribution in [1.82, 2.24) is 24.3 Å². The molecule has 0 fully saturated rings. The molecule has 0 aliphatic rings. The van der Waals surface area contributed by atoms with E-state index in [0.717, 1.165) is 0 Å². The Labute approximate surface area is 119 Å². The van der Waals surface area contributed by atoms with Crippen LogP contribution in [0.15, 0.2) is 41.8 Å². The van der Waals surface area contributed by atoms with E-state index in [1.807, 2.05) is 0 Å². The van der Waals surface area contributed by atoms with Crippen LogP contribution in [0.4, 0.5) is 5.69 Å². The second kappa shape index (κ2) is 5.16. The van der Waals surface area contributed by atoms with E-state index in [1.165, 1.54) is 21.8 Å². The van der Waals surface area contributed by atoms with Gasteiger partial charge >= 0.3 is 0 Å². The van der Waals surface area contributed by atoms with Crippen molar-refractivity contribution < 1.29 is 4.79 Å². The lowest BCUT2D eigenvalue weighted by Gasteiger charge is -2.06. The fourth-order valence-corrected chi connectivity index (χ4v) is 1.97. The molecule has 3 rings (SSSR count). The van der Waals surface area contributed by atoms with Crippen molar-refractivity contribution >= 4 is 22.6 Å². The van der Waals surface area contributed by atoms with Gasteiger partial charge in [0.1, 0.15) is 18.3 Å². The Morgan fingerprint density at radius 3 is 2.86 bits per heavy atom. The van der Waals surface area contributed by atoms with Crippen molar-refractivity contribution in [1.29, 1.82) is 0 Å². The average molecular weight is 284 g/mol. The Bertz CT molecular complexity index is 852. The minimum Gasteiger partial charge on any atom is -0.324 e. The summed E-state index contributed by atoms with van der Waals surface area (Å²) in [6, 6.07) is 3.34. The van der Waals surface area contributed by atoms with Gasteiger partial charge in [-0.1, -0.05) is 0 Å². The highest BCUT2D eigenvalue weighted by molar-refractivity contribution is 5.90. The van der Waals surface area contributed by atoms with Crippen molar-refractivity contribution in [3.63, 3.8) is 0 Å². The molecule has 0 aromatic carbocycles. The van der Waals surface area contributed by atoms with Gasteiger partial charge in [0.05, 0.1) is 6.20 Å². The minimum atomic E-state index is -0.312. The third-order valence-electron chi connectivity index (χ3n) is 3.00. The molecular weight excluding hydrogens is 272 g/mol. The van der Waals surface area contributed by atoms with Gasteiger partial charge in [-0.15, -0.1) is 0 Å². The predicted molar refractivity (Wildman–Crippen MR) is 75.6 cm³/mol. The Morgan fingerprint density at radius 1 is 1.33 bits per heavy atom. The van der Waals surface area contributed by atoms with Crippen molar-refractivity contribution in [3.8, 4) is 0 Å². The maximum Gasteiger partial charge on any atom is 0.264 e. The molecule has 1 N–H and O–H groups in total. The van der Waals surface area contributed by atoms with E-state index in [4.69, 9.17) is 0 Å². The highest BCUT2D eigenvalue weighted by atomic mass is 16.2. The number of aromatic nitrogens is 5. The number of carbonyl (C=O) groups excluding carboxylic acids is 1. The fraction of sp³-hybridized carbons (Fsp3) is 0.154. The summed E-state index contributed by atoms with van der Waals surface area (Å²) in [5, 5.41) is 7.05. The molecule has 0 spiro atoms. The summed E-state index contributed by atoms with van der Waals surface area (Å²) >= 11 is 0. The molecule has 0 aliphatic heterocycles. The summed E-state index contributed by atoms with van der Waals surface area (Å²) in [7, 11) is 1.70. The van der Waals surface area contributed by atoms with Crippen molar-refractivity contribution in [2.24, 2.45) is 7.05 Å². The standard InChI is InChI=1S/C13H12N6O2/c1-18-12-10(6-16-18)13(21)19(8-15-12)7-11(20)17-9-2-4-14-5-3-9/h2-6,8H,7H2,1H3,(H,14,17,20). The smallest absolute Gasteiger partial charge is 0.264 e. The van der Waals surface area contributed by atoms with E-state index in [9.17, 15) is 9.59 Å². The summed E-state index contributed by atoms with van der Waals surface area (Å²) in [5.74, 6) is -0.312. The van der Waals surface area contributed by atoms with E-state index in [-0.39, 0.29) is 18.0 Å². The molecule has 3 heterocycles. The van der Waals surface area contributed by atoms with Gasteiger partial charge in [0.25, 0.3) is 5.56 Å². The number of anilines is 1. The Kier molecular flexibility index (Phi) is 3.19.